The number of nitrogens with zero attached hydrogens (tertiary/aromatic N) is 1. The summed E-state index contributed by atoms with van der Waals surface area (Å²) in [6.07, 6.45) is 1.12. The molecule has 0 amide bonds. The number of rotatable bonds is 5. The zero-order valence-electron chi connectivity index (χ0n) is 12.7. The van der Waals surface area contributed by atoms with E-state index in [1.54, 1.807) is 0 Å². The van der Waals surface area contributed by atoms with Crippen molar-refractivity contribution in [2.24, 2.45) is 11.8 Å². The van der Waals surface area contributed by atoms with Crippen LogP contribution in [-0.4, -0.2) is 44.2 Å². The minimum absolute atomic E-state index is 0.826. The highest BCUT2D eigenvalue weighted by Gasteiger charge is 2.35. The summed E-state index contributed by atoms with van der Waals surface area (Å²) in [5.74, 6) is 2.82. The first kappa shape index (κ1) is 13.9. The smallest absolute Gasteiger partial charge is 0.119 e. The molecule has 0 radical (unpaired) electrons. The van der Waals surface area contributed by atoms with Crippen LogP contribution in [0.4, 0.5) is 0 Å². The number of likely N-dealkylation sites (tertiary alicyclic amines) is 1. The maximum Gasteiger partial charge on any atom is 0.119 e. The van der Waals surface area contributed by atoms with Gasteiger partial charge in [-0.3, -0.25) is 0 Å². The highest BCUT2D eigenvalue weighted by molar-refractivity contribution is 5.32. The lowest BCUT2D eigenvalue weighted by atomic mass is 10.0. The van der Waals surface area contributed by atoms with Crippen molar-refractivity contribution >= 4 is 0 Å². The van der Waals surface area contributed by atoms with Crippen LogP contribution in [0.2, 0.25) is 0 Å². The van der Waals surface area contributed by atoms with Crippen LogP contribution < -0.4 is 10.1 Å². The van der Waals surface area contributed by atoms with E-state index in [0.29, 0.717) is 0 Å². The van der Waals surface area contributed by atoms with Crippen molar-refractivity contribution in [3.63, 3.8) is 0 Å². The van der Waals surface area contributed by atoms with E-state index < -0.39 is 0 Å². The van der Waals surface area contributed by atoms with Crippen molar-refractivity contribution < 1.29 is 4.74 Å². The second-order valence-corrected chi connectivity index (χ2v) is 6.46. The first-order valence-electron chi connectivity index (χ1n) is 7.85. The van der Waals surface area contributed by atoms with E-state index in [1.807, 2.05) is 0 Å². The summed E-state index contributed by atoms with van der Waals surface area (Å²) in [6.45, 7) is 11.3. The Balaban J connectivity index is 1.38. The van der Waals surface area contributed by atoms with Gasteiger partial charge in [-0.25, -0.2) is 0 Å². The lowest BCUT2D eigenvalue weighted by molar-refractivity contribution is 0.254. The number of hydrogen-bond donors (Lipinski definition) is 1. The molecule has 0 bridgehead atoms. The molecule has 3 rings (SSSR count). The van der Waals surface area contributed by atoms with Gasteiger partial charge in [0.05, 0.1) is 6.61 Å². The number of ether oxygens (including phenoxy) is 1. The van der Waals surface area contributed by atoms with E-state index >= 15 is 0 Å². The molecule has 0 aliphatic carbocycles. The normalized spacial score (nSPS) is 25.9. The number of aryl methyl sites for hydroxylation is 2. The molecule has 20 heavy (non-hydrogen) atoms. The molecule has 1 N–H and O–H groups in total. The SMILES string of the molecule is Cc1cc(C)cc(OCCCN2CC3CNCC3C2)c1. The van der Waals surface area contributed by atoms with E-state index in [9.17, 15) is 0 Å². The first-order valence-corrected chi connectivity index (χ1v) is 7.85. The van der Waals surface area contributed by atoms with E-state index in [0.717, 1.165) is 30.6 Å². The molecule has 3 heteroatoms. The summed E-state index contributed by atoms with van der Waals surface area (Å²) in [5.41, 5.74) is 2.56. The fourth-order valence-corrected chi connectivity index (χ4v) is 3.63. The minimum Gasteiger partial charge on any atom is -0.494 e. The molecule has 110 valence electrons. The highest BCUT2D eigenvalue weighted by atomic mass is 16.5. The monoisotopic (exact) mass is 274 g/mol. The standard InChI is InChI=1S/C17H26N2O/c1-13-6-14(2)8-17(7-13)20-5-3-4-19-11-15-9-18-10-16(15)12-19/h6-8,15-16,18H,3-5,9-12H2,1-2H3. The predicted octanol–water partition coefficient (Wildman–Crippen LogP) is 2.22. The Morgan fingerprint density at radius 3 is 2.40 bits per heavy atom. The van der Waals surface area contributed by atoms with Gasteiger partial charge in [0, 0.05) is 19.6 Å². The molecule has 3 nitrogen and oxygen atoms in total. The molecule has 0 spiro atoms. The molecule has 0 aromatic heterocycles. The Morgan fingerprint density at radius 1 is 1.10 bits per heavy atom. The summed E-state index contributed by atoms with van der Waals surface area (Å²) < 4.78 is 5.88. The van der Waals surface area contributed by atoms with Crippen LogP contribution in [0.3, 0.4) is 0 Å². The molecule has 2 aliphatic rings. The van der Waals surface area contributed by atoms with Crippen molar-refractivity contribution in [2.75, 3.05) is 39.3 Å². The number of nitrogens with one attached hydrogen (secondary N) is 1. The van der Waals surface area contributed by atoms with Crippen molar-refractivity contribution in [1.29, 1.82) is 0 Å². The van der Waals surface area contributed by atoms with Gasteiger partial charge in [-0.05, 0) is 68.5 Å². The Labute approximate surface area is 122 Å². The van der Waals surface area contributed by atoms with Gasteiger partial charge in [0.15, 0.2) is 0 Å². The predicted molar refractivity (Wildman–Crippen MR) is 82.3 cm³/mol. The average molecular weight is 274 g/mol. The molecule has 2 aliphatic heterocycles. The Hall–Kier alpha value is -1.06. The number of benzene rings is 1. The molecule has 2 unspecified atom stereocenters. The van der Waals surface area contributed by atoms with Gasteiger partial charge in [0.25, 0.3) is 0 Å². The van der Waals surface area contributed by atoms with Gasteiger partial charge in [-0.2, -0.15) is 0 Å². The molecule has 2 atom stereocenters. The van der Waals surface area contributed by atoms with Crippen LogP contribution in [0.1, 0.15) is 17.5 Å². The summed E-state index contributed by atoms with van der Waals surface area (Å²) in [4.78, 5) is 2.61. The topological polar surface area (TPSA) is 24.5 Å². The molecule has 2 saturated heterocycles. The summed E-state index contributed by atoms with van der Waals surface area (Å²) in [5, 5.41) is 3.49. The molecule has 1 aromatic carbocycles. The average Bonchev–Trinajstić information content (AvgIpc) is 2.94. The lowest BCUT2D eigenvalue weighted by Gasteiger charge is -2.17. The van der Waals surface area contributed by atoms with Crippen molar-refractivity contribution in [3.8, 4) is 5.75 Å². The van der Waals surface area contributed by atoms with Crippen LogP contribution in [0.25, 0.3) is 0 Å². The summed E-state index contributed by atoms with van der Waals surface area (Å²) in [6, 6.07) is 6.43. The third-order valence-electron chi connectivity index (χ3n) is 4.55. The molecular formula is C17H26N2O. The minimum atomic E-state index is 0.826. The highest BCUT2D eigenvalue weighted by Crippen LogP contribution is 2.26. The van der Waals surface area contributed by atoms with E-state index in [-0.39, 0.29) is 0 Å². The van der Waals surface area contributed by atoms with Gasteiger partial charge < -0.3 is 15.0 Å². The second-order valence-electron chi connectivity index (χ2n) is 6.46. The lowest BCUT2D eigenvalue weighted by Crippen LogP contribution is -2.27. The molecular weight excluding hydrogens is 248 g/mol. The van der Waals surface area contributed by atoms with Crippen LogP contribution in [0.15, 0.2) is 18.2 Å². The van der Waals surface area contributed by atoms with Crippen molar-refractivity contribution in [3.05, 3.63) is 29.3 Å². The van der Waals surface area contributed by atoms with Crippen LogP contribution in [0.5, 0.6) is 5.75 Å². The van der Waals surface area contributed by atoms with Gasteiger partial charge in [0.1, 0.15) is 5.75 Å². The van der Waals surface area contributed by atoms with Gasteiger partial charge >= 0.3 is 0 Å². The first-order chi connectivity index (χ1) is 9.70. The van der Waals surface area contributed by atoms with Crippen molar-refractivity contribution in [1.82, 2.24) is 10.2 Å². The van der Waals surface area contributed by atoms with Crippen molar-refractivity contribution in [2.45, 2.75) is 20.3 Å². The Kier molecular flexibility index (Phi) is 4.27. The van der Waals surface area contributed by atoms with Gasteiger partial charge in [-0.15, -0.1) is 0 Å². The van der Waals surface area contributed by atoms with E-state index in [1.165, 1.54) is 43.9 Å². The fraction of sp³-hybridized carbons (Fsp3) is 0.647. The maximum absolute atomic E-state index is 5.88. The molecule has 2 heterocycles. The second kappa shape index (κ2) is 6.15. The van der Waals surface area contributed by atoms with E-state index in [4.69, 9.17) is 4.74 Å². The third-order valence-corrected chi connectivity index (χ3v) is 4.55. The maximum atomic E-state index is 5.88. The zero-order valence-corrected chi connectivity index (χ0v) is 12.7. The number of hydrogen-bond acceptors (Lipinski definition) is 3. The zero-order chi connectivity index (χ0) is 13.9. The quantitative estimate of drug-likeness (QED) is 0.833. The third kappa shape index (κ3) is 3.33. The fourth-order valence-electron chi connectivity index (χ4n) is 3.63. The largest absolute Gasteiger partial charge is 0.494 e. The Bertz CT molecular complexity index is 428. The van der Waals surface area contributed by atoms with Gasteiger partial charge in [-0.1, -0.05) is 6.07 Å². The van der Waals surface area contributed by atoms with Crippen LogP contribution >= 0.6 is 0 Å². The van der Waals surface area contributed by atoms with E-state index in [2.05, 4.69) is 42.3 Å². The van der Waals surface area contributed by atoms with Crippen LogP contribution in [0, 0.1) is 25.7 Å². The van der Waals surface area contributed by atoms with Gasteiger partial charge in [0.2, 0.25) is 0 Å². The number of fused-ring (bicyclic) bond motifs is 1. The summed E-state index contributed by atoms with van der Waals surface area (Å²) >= 11 is 0. The Morgan fingerprint density at radius 2 is 1.75 bits per heavy atom. The van der Waals surface area contributed by atoms with Crippen LogP contribution in [-0.2, 0) is 0 Å². The summed E-state index contributed by atoms with van der Waals surface area (Å²) in [7, 11) is 0. The molecule has 1 aromatic rings. The molecule has 0 saturated carbocycles. The molecule has 2 fully saturated rings.